The average Bonchev–Trinajstić information content (AvgIpc) is 4.06. The molecule has 0 fully saturated rings. The van der Waals surface area contributed by atoms with Crippen LogP contribution in [0.3, 0.4) is 0 Å². The van der Waals surface area contributed by atoms with Crippen LogP contribution in [0.5, 0.6) is 0 Å². The van der Waals surface area contributed by atoms with Crippen molar-refractivity contribution in [1.82, 2.24) is 0 Å². The van der Waals surface area contributed by atoms with Gasteiger partial charge in [0.1, 0.15) is 0 Å². The summed E-state index contributed by atoms with van der Waals surface area (Å²) in [4.78, 5) is 0. The predicted octanol–water partition coefficient (Wildman–Crippen LogP) is 19.8. The zero-order chi connectivity index (χ0) is 47.5. The van der Waals surface area contributed by atoms with Gasteiger partial charge in [-0.3, -0.25) is 0 Å². The van der Waals surface area contributed by atoms with Gasteiger partial charge in [-0.1, -0.05) is 204 Å². The molecular weight excluding hydrogens is 865 g/mol. The van der Waals surface area contributed by atoms with Crippen LogP contribution in [0.15, 0.2) is 206 Å². The molecule has 13 aromatic rings. The summed E-state index contributed by atoms with van der Waals surface area (Å²) in [7, 11) is 0. The molecule has 0 heteroatoms. The van der Waals surface area contributed by atoms with Crippen LogP contribution in [0.4, 0.5) is 0 Å². The van der Waals surface area contributed by atoms with Crippen molar-refractivity contribution >= 4 is 64.6 Å². The third-order valence-electron chi connectivity index (χ3n) is 18.1. The summed E-state index contributed by atoms with van der Waals surface area (Å²) >= 11 is 0. The zero-order valence-electron chi connectivity index (χ0n) is 40.6. The highest BCUT2D eigenvalue weighted by atomic mass is 14.4. The Kier molecular flexibility index (Phi) is 7.20. The summed E-state index contributed by atoms with van der Waals surface area (Å²) in [6, 6.07) is 80.1. The topological polar surface area (TPSA) is 0 Å². The number of hydrogen-bond acceptors (Lipinski definition) is 0. The van der Waals surface area contributed by atoms with Gasteiger partial charge >= 0.3 is 0 Å². The van der Waals surface area contributed by atoms with Gasteiger partial charge in [-0.15, -0.1) is 0 Å². The van der Waals surface area contributed by atoms with Gasteiger partial charge in [-0.2, -0.15) is 0 Å². The van der Waals surface area contributed by atoms with Gasteiger partial charge in [-0.05, 0) is 206 Å². The van der Waals surface area contributed by atoms with E-state index in [1.165, 1.54) is 176 Å². The minimum atomic E-state index is -0.100. The first-order chi connectivity index (χ1) is 35.2. The molecule has 0 spiro atoms. The molecule has 0 saturated carbocycles. The summed E-state index contributed by atoms with van der Waals surface area (Å²) in [6.45, 7) is 9.57. The summed E-state index contributed by atoms with van der Waals surface area (Å²) in [5.41, 5.74) is 26.6. The molecule has 0 N–H and O–H groups in total. The van der Waals surface area contributed by atoms with E-state index in [1.54, 1.807) is 0 Å². The highest BCUT2D eigenvalue weighted by molar-refractivity contribution is 6.35. The Bertz CT molecular complexity index is 4720. The lowest BCUT2D eigenvalue weighted by atomic mass is 9.78. The molecule has 4 aliphatic rings. The van der Waals surface area contributed by atoms with E-state index >= 15 is 0 Å². The fraction of sp³-hybridized carbons (Fsp3) is 0.0833. The van der Waals surface area contributed by atoms with Crippen molar-refractivity contribution < 1.29 is 0 Å². The second-order valence-electron chi connectivity index (χ2n) is 22.2. The Morgan fingerprint density at radius 2 is 0.708 bits per heavy atom. The van der Waals surface area contributed by atoms with Crippen LogP contribution in [-0.2, 0) is 10.8 Å². The molecule has 17 rings (SSSR count). The van der Waals surface area contributed by atoms with Crippen LogP contribution in [0, 0.1) is 0 Å². The summed E-state index contributed by atoms with van der Waals surface area (Å²) in [6.07, 6.45) is 0. The maximum Gasteiger partial charge on any atom is 0.0158 e. The molecule has 0 aromatic heterocycles. The molecule has 0 nitrogen and oxygen atoms in total. The fourth-order valence-electron chi connectivity index (χ4n) is 14.9. The number of fused-ring (bicyclic) bond motifs is 19. The maximum absolute atomic E-state index is 2.55. The highest BCUT2D eigenvalue weighted by Gasteiger charge is 2.39. The van der Waals surface area contributed by atoms with Crippen molar-refractivity contribution in [2.45, 2.75) is 38.5 Å². The minimum absolute atomic E-state index is 0.0931. The van der Waals surface area contributed by atoms with E-state index < -0.39 is 0 Å². The molecule has 0 atom stereocenters. The number of rotatable bonds is 2. The van der Waals surface area contributed by atoms with Crippen LogP contribution < -0.4 is 0 Å². The minimum Gasteiger partial charge on any atom is -0.0619 e. The van der Waals surface area contributed by atoms with Gasteiger partial charge < -0.3 is 0 Å². The second-order valence-corrected chi connectivity index (χ2v) is 22.2. The van der Waals surface area contributed by atoms with Gasteiger partial charge in [0.25, 0.3) is 0 Å². The lowest BCUT2D eigenvalue weighted by molar-refractivity contribution is 0.660. The second kappa shape index (κ2) is 13.2. The van der Waals surface area contributed by atoms with Crippen LogP contribution in [0.2, 0.25) is 0 Å². The van der Waals surface area contributed by atoms with Gasteiger partial charge in [0.15, 0.2) is 0 Å². The van der Waals surface area contributed by atoms with E-state index in [4.69, 9.17) is 0 Å². The van der Waals surface area contributed by atoms with E-state index in [-0.39, 0.29) is 10.8 Å². The molecular formula is C72H46. The van der Waals surface area contributed by atoms with Crippen molar-refractivity contribution in [1.29, 1.82) is 0 Å². The van der Waals surface area contributed by atoms with Gasteiger partial charge in [0, 0.05) is 10.8 Å². The third-order valence-corrected chi connectivity index (χ3v) is 18.1. The SMILES string of the molecule is CC1(C)c2ccccc2-c2cc(-c3c4c(c(-c5ccc6c(c5)-c5ccccc5C6(C)C)c5c3ccc3c6cc7c(cc6ccc35)-c3cccc5cccc-7c35)-c3cccc5c3c-4cc3ccccc35)ccc21. The summed E-state index contributed by atoms with van der Waals surface area (Å²) in [5, 5.41) is 15.6. The third kappa shape index (κ3) is 4.70. The number of hydrogen-bond donors (Lipinski definition) is 0. The Morgan fingerprint density at radius 1 is 0.222 bits per heavy atom. The molecule has 0 aliphatic heterocycles. The molecule has 0 amide bonds. The summed E-state index contributed by atoms with van der Waals surface area (Å²) in [5.74, 6) is 0. The normalized spacial score (nSPS) is 14.6. The predicted molar refractivity (Wildman–Crippen MR) is 306 cm³/mol. The molecule has 72 heavy (non-hydrogen) atoms. The first-order valence-electron chi connectivity index (χ1n) is 25.7. The zero-order valence-corrected chi connectivity index (χ0v) is 40.6. The van der Waals surface area contributed by atoms with Gasteiger partial charge in [-0.25, -0.2) is 0 Å². The summed E-state index contributed by atoms with van der Waals surface area (Å²) < 4.78 is 0. The van der Waals surface area contributed by atoms with E-state index in [1.807, 2.05) is 0 Å². The fourth-order valence-corrected chi connectivity index (χ4v) is 14.9. The van der Waals surface area contributed by atoms with Crippen LogP contribution in [0.1, 0.15) is 49.9 Å². The van der Waals surface area contributed by atoms with Crippen LogP contribution in [0.25, 0.3) is 154 Å². The maximum atomic E-state index is 2.55. The number of benzene rings is 13. The molecule has 0 saturated heterocycles. The van der Waals surface area contributed by atoms with Crippen molar-refractivity contribution in [3.63, 3.8) is 0 Å². The molecule has 0 bridgehead atoms. The van der Waals surface area contributed by atoms with Crippen molar-refractivity contribution in [2.75, 3.05) is 0 Å². The first-order valence-corrected chi connectivity index (χ1v) is 25.7. The Balaban J connectivity index is 1.06. The van der Waals surface area contributed by atoms with Gasteiger partial charge in [0.05, 0.1) is 0 Å². The molecule has 4 aliphatic carbocycles. The van der Waals surface area contributed by atoms with Crippen LogP contribution in [-0.4, -0.2) is 0 Å². The monoisotopic (exact) mass is 910 g/mol. The van der Waals surface area contributed by atoms with E-state index in [0.29, 0.717) is 0 Å². The van der Waals surface area contributed by atoms with Crippen molar-refractivity contribution in [2.24, 2.45) is 0 Å². The quantitative estimate of drug-likeness (QED) is 0.152. The average molecular weight is 911 g/mol. The van der Waals surface area contributed by atoms with Crippen molar-refractivity contribution in [3.05, 3.63) is 229 Å². The lowest BCUT2D eigenvalue weighted by Gasteiger charge is -2.24. The Hall–Kier alpha value is -8.58. The Labute approximate surface area is 418 Å². The lowest BCUT2D eigenvalue weighted by Crippen LogP contribution is -2.14. The molecule has 0 radical (unpaired) electrons. The molecule has 13 aromatic carbocycles. The Morgan fingerprint density at radius 3 is 1.43 bits per heavy atom. The standard InChI is InChI=1S/C72H46/c1-71(2)60-24-9-7-18-46(60)57-36-42(27-32-62(57)71)65-53-31-30-45-51(29-26-41-34-55-49-20-11-15-39-16-12-21-50(64(39)49)56(55)38-54(41)45)68(53)66(43-28-33-63-58(37-43)47-19-8-10-25-61(47)72(63,3)4)69-52-23-13-22-48-44-17-6-5-14-40(44)35-59(67(48)52)70(65)69/h5-38H,1-4H3. The van der Waals surface area contributed by atoms with E-state index in [2.05, 4.69) is 234 Å². The molecule has 0 heterocycles. The first kappa shape index (κ1) is 39.2. The molecule has 0 unspecified atom stereocenters. The molecule has 334 valence electrons. The van der Waals surface area contributed by atoms with Gasteiger partial charge in [0.2, 0.25) is 0 Å². The van der Waals surface area contributed by atoms with E-state index in [9.17, 15) is 0 Å². The van der Waals surface area contributed by atoms with E-state index in [0.717, 1.165) is 0 Å². The largest absolute Gasteiger partial charge is 0.0619 e. The van der Waals surface area contributed by atoms with Crippen LogP contribution >= 0.6 is 0 Å². The van der Waals surface area contributed by atoms with Crippen molar-refractivity contribution in [3.8, 4) is 89.0 Å². The smallest absolute Gasteiger partial charge is 0.0158 e. The highest BCUT2D eigenvalue weighted by Crippen LogP contribution is 2.62.